The van der Waals surface area contributed by atoms with Crippen molar-refractivity contribution in [3.63, 3.8) is 0 Å². The molecule has 26 heavy (non-hydrogen) atoms. The number of carbonyl (C=O) groups is 1. The van der Waals surface area contributed by atoms with Crippen LogP contribution in [0.5, 0.6) is 0 Å². The van der Waals surface area contributed by atoms with Gasteiger partial charge in [-0.2, -0.15) is 18.3 Å². The molecule has 1 aromatic carbocycles. The summed E-state index contributed by atoms with van der Waals surface area (Å²) >= 11 is 0. The molecule has 138 valence electrons. The molecule has 1 saturated carbocycles. The number of rotatable bonds is 4. The average Bonchev–Trinajstić information content (AvgIpc) is 3.39. The Morgan fingerprint density at radius 1 is 1.31 bits per heavy atom. The molecule has 0 unspecified atom stereocenters. The summed E-state index contributed by atoms with van der Waals surface area (Å²) in [6.45, 7) is 3.30. The fourth-order valence-corrected chi connectivity index (χ4v) is 2.84. The van der Waals surface area contributed by atoms with E-state index in [-0.39, 0.29) is 17.4 Å². The van der Waals surface area contributed by atoms with E-state index in [1.54, 1.807) is 0 Å². The van der Waals surface area contributed by atoms with E-state index < -0.39 is 28.8 Å². The van der Waals surface area contributed by atoms with Gasteiger partial charge < -0.3 is 5.32 Å². The number of hydrogen-bond donors (Lipinski definition) is 1. The number of carbonyl (C=O) groups excluding carboxylic acids is 1. The van der Waals surface area contributed by atoms with E-state index in [9.17, 15) is 22.8 Å². The molecule has 1 heterocycles. The van der Waals surface area contributed by atoms with E-state index in [1.165, 1.54) is 25.1 Å². The summed E-state index contributed by atoms with van der Waals surface area (Å²) in [5, 5.41) is 6.65. The van der Waals surface area contributed by atoms with E-state index in [1.807, 2.05) is 6.92 Å². The quantitative estimate of drug-likeness (QED) is 0.906. The third-order valence-corrected chi connectivity index (χ3v) is 4.45. The number of aromatic nitrogens is 2. The molecule has 2 aromatic rings. The molecular weight excluding hydrogens is 347 g/mol. The molecule has 0 spiro atoms. The standard InChI is InChI=1S/C18H18F3N3O2/c1-10-9-15(25)16(17(26)22-11(2)12-7-8-12)23-24(10)14-6-4-3-5-13(14)18(19,20)21/h3-6,9,11-12H,7-8H2,1-2H3,(H,22,26)/t11-/m1/s1. The molecular formula is C18H18F3N3O2. The van der Waals surface area contributed by atoms with Crippen LogP contribution in [0.25, 0.3) is 5.69 Å². The van der Waals surface area contributed by atoms with E-state index in [0.29, 0.717) is 5.92 Å². The Balaban J connectivity index is 2.04. The van der Waals surface area contributed by atoms with Crippen LogP contribution in [0.2, 0.25) is 0 Å². The van der Waals surface area contributed by atoms with Gasteiger partial charge in [-0.1, -0.05) is 12.1 Å². The summed E-state index contributed by atoms with van der Waals surface area (Å²) in [5.74, 6) is -0.301. The number of benzene rings is 1. The molecule has 1 aliphatic rings. The molecule has 1 atom stereocenters. The normalized spacial score (nSPS) is 15.6. The lowest BCUT2D eigenvalue weighted by Gasteiger charge is -2.17. The maximum absolute atomic E-state index is 13.3. The summed E-state index contributed by atoms with van der Waals surface area (Å²) in [7, 11) is 0. The number of aryl methyl sites for hydroxylation is 1. The van der Waals surface area contributed by atoms with Crippen LogP contribution in [-0.2, 0) is 6.18 Å². The van der Waals surface area contributed by atoms with Crippen molar-refractivity contribution < 1.29 is 18.0 Å². The number of nitrogens with zero attached hydrogens (tertiary/aromatic N) is 2. The number of nitrogens with one attached hydrogen (secondary N) is 1. The third kappa shape index (κ3) is 3.63. The average molecular weight is 365 g/mol. The summed E-state index contributed by atoms with van der Waals surface area (Å²) < 4.78 is 40.9. The summed E-state index contributed by atoms with van der Waals surface area (Å²) in [6.07, 6.45) is -2.57. The van der Waals surface area contributed by atoms with E-state index in [2.05, 4.69) is 10.4 Å². The highest BCUT2D eigenvalue weighted by Crippen LogP contribution is 2.34. The van der Waals surface area contributed by atoms with Crippen LogP contribution in [0.15, 0.2) is 35.1 Å². The maximum Gasteiger partial charge on any atom is 0.418 e. The highest BCUT2D eigenvalue weighted by molar-refractivity contribution is 5.92. The zero-order valence-corrected chi connectivity index (χ0v) is 14.3. The Hall–Kier alpha value is -2.64. The van der Waals surface area contributed by atoms with Gasteiger partial charge in [0.2, 0.25) is 5.43 Å². The second-order valence-electron chi connectivity index (χ2n) is 6.52. The minimum absolute atomic E-state index is 0.110. The maximum atomic E-state index is 13.3. The fraction of sp³-hybridized carbons (Fsp3) is 0.389. The summed E-state index contributed by atoms with van der Waals surface area (Å²) in [4.78, 5) is 24.5. The van der Waals surface area contributed by atoms with Crippen LogP contribution in [0, 0.1) is 12.8 Å². The zero-order valence-electron chi connectivity index (χ0n) is 14.3. The van der Waals surface area contributed by atoms with Crippen molar-refractivity contribution in [2.24, 2.45) is 5.92 Å². The van der Waals surface area contributed by atoms with Gasteiger partial charge >= 0.3 is 6.18 Å². The van der Waals surface area contributed by atoms with Crippen LogP contribution < -0.4 is 10.7 Å². The molecule has 0 aliphatic heterocycles. The third-order valence-electron chi connectivity index (χ3n) is 4.45. The molecule has 5 nitrogen and oxygen atoms in total. The Morgan fingerprint density at radius 2 is 1.96 bits per heavy atom. The molecule has 0 bridgehead atoms. The molecule has 0 saturated heterocycles. The van der Waals surface area contributed by atoms with Gasteiger partial charge in [-0.25, -0.2) is 4.68 Å². The van der Waals surface area contributed by atoms with Gasteiger partial charge in [0.1, 0.15) is 0 Å². The monoisotopic (exact) mass is 365 g/mol. The van der Waals surface area contributed by atoms with E-state index >= 15 is 0 Å². The summed E-state index contributed by atoms with van der Waals surface area (Å²) in [6, 6.07) is 5.91. The molecule has 3 rings (SSSR count). The highest BCUT2D eigenvalue weighted by atomic mass is 19.4. The van der Waals surface area contributed by atoms with Crippen molar-refractivity contribution in [3.05, 3.63) is 57.5 Å². The Labute approximate surface area is 147 Å². The van der Waals surface area contributed by atoms with Crippen LogP contribution in [0.3, 0.4) is 0 Å². The molecule has 1 aromatic heterocycles. The van der Waals surface area contributed by atoms with Gasteiger partial charge in [-0.15, -0.1) is 0 Å². The minimum Gasteiger partial charge on any atom is -0.348 e. The van der Waals surface area contributed by atoms with Gasteiger partial charge in [-0.05, 0) is 44.7 Å². The molecule has 0 radical (unpaired) electrons. The van der Waals surface area contributed by atoms with Crippen molar-refractivity contribution in [1.29, 1.82) is 0 Å². The first-order chi connectivity index (χ1) is 12.2. The second kappa shape index (κ2) is 6.59. The Kier molecular flexibility index (Phi) is 4.60. The first kappa shape index (κ1) is 18.2. The molecule has 1 N–H and O–H groups in total. The number of alkyl halides is 3. The van der Waals surface area contributed by atoms with Crippen LogP contribution in [-0.4, -0.2) is 21.7 Å². The van der Waals surface area contributed by atoms with Crippen molar-refractivity contribution >= 4 is 5.91 Å². The van der Waals surface area contributed by atoms with Crippen LogP contribution >= 0.6 is 0 Å². The molecule has 1 aliphatic carbocycles. The lowest BCUT2D eigenvalue weighted by Crippen LogP contribution is -2.38. The smallest absolute Gasteiger partial charge is 0.348 e. The fourth-order valence-electron chi connectivity index (χ4n) is 2.84. The number of amides is 1. The van der Waals surface area contributed by atoms with Crippen LogP contribution in [0.1, 0.15) is 41.5 Å². The van der Waals surface area contributed by atoms with Gasteiger partial charge in [0.05, 0.1) is 11.3 Å². The van der Waals surface area contributed by atoms with Crippen molar-refractivity contribution in [2.45, 2.75) is 38.9 Å². The van der Waals surface area contributed by atoms with Gasteiger partial charge in [0.15, 0.2) is 5.69 Å². The predicted molar refractivity (Wildman–Crippen MR) is 89.2 cm³/mol. The van der Waals surface area contributed by atoms with Crippen molar-refractivity contribution in [3.8, 4) is 5.69 Å². The number of hydrogen-bond acceptors (Lipinski definition) is 3. The predicted octanol–water partition coefficient (Wildman–Crippen LogP) is 3.09. The molecule has 1 amide bonds. The number of halogens is 3. The second-order valence-corrected chi connectivity index (χ2v) is 6.52. The lowest BCUT2D eigenvalue weighted by atomic mass is 10.1. The Morgan fingerprint density at radius 3 is 2.58 bits per heavy atom. The SMILES string of the molecule is Cc1cc(=O)c(C(=O)N[C@H](C)C2CC2)nn1-c1ccccc1C(F)(F)F. The largest absolute Gasteiger partial charge is 0.418 e. The first-order valence-electron chi connectivity index (χ1n) is 8.27. The zero-order chi connectivity index (χ0) is 19.1. The topological polar surface area (TPSA) is 64.0 Å². The van der Waals surface area contributed by atoms with Crippen molar-refractivity contribution in [2.75, 3.05) is 0 Å². The van der Waals surface area contributed by atoms with Crippen LogP contribution in [0.4, 0.5) is 13.2 Å². The summed E-state index contributed by atoms with van der Waals surface area (Å²) in [5.41, 5.74) is -1.96. The van der Waals surface area contributed by atoms with Gasteiger partial charge in [0.25, 0.3) is 5.91 Å². The minimum atomic E-state index is -4.59. The van der Waals surface area contributed by atoms with E-state index in [4.69, 9.17) is 0 Å². The Bertz CT molecular complexity index is 901. The van der Waals surface area contributed by atoms with E-state index in [0.717, 1.165) is 29.7 Å². The van der Waals surface area contributed by atoms with Gasteiger partial charge in [-0.3, -0.25) is 9.59 Å². The number of para-hydroxylation sites is 1. The first-order valence-corrected chi connectivity index (χ1v) is 8.27. The molecule has 8 heteroatoms. The lowest BCUT2D eigenvalue weighted by molar-refractivity contribution is -0.137. The molecule has 1 fully saturated rings. The highest BCUT2D eigenvalue weighted by Gasteiger charge is 2.34. The van der Waals surface area contributed by atoms with Gasteiger partial charge in [0, 0.05) is 17.8 Å². The van der Waals surface area contributed by atoms with Crippen molar-refractivity contribution in [1.82, 2.24) is 15.1 Å².